The van der Waals surface area contributed by atoms with E-state index in [1.165, 1.54) is 43.7 Å². The molecule has 0 radical (unpaired) electrons. The molecule has 3 N–H and O–H groups in total. The summed E-state index contributed by atoms with van der Waals surface area (Å²) in [6, 6.07) is 14.0. The first kappa shape index (κ1) is 28.9. The summed E-state index contributed by atoms with van der Waals surface area (Å²) in [6.07, 6.45) is -1.15. The van der Waals surface area contributed by atoms with Crippen molar-refractivity contribution in [1.29, 1.82) is 0 Å². The van der Waals surface area contributed by atoms with Crippen LogP contribution in [0.15, 0.2) is 54.6 Å². The van der Waals surface area contributed by atoms with Gasteiger partial charge in [-0.3, -0.25) is 4.79 Å². The molecular weight excluding hydrogens is 501 g/mol. The predicted octanol–water partition coefficient (Wildman–Crippen LogP) is 3.85. The minimum Gasteiger partial charge on any atom is -0.421 e. The Hall–Kier alpha value is -2.33. The lowest BCUT2D eigenvalue weighted by Gasteiger charge is -2.20. The van der Waals surface area contributed by atoms with E-state index in [2.05, 4.69) is 14.6 Å². The van der Waals surface area contributed by atoms with Crippen molar-refractivity contribution in [2.45, 2.75) is 57.0 Å². The number of hydrogen-bond donors (Lipinski definition) is 3. The molecule has 2 rings (SSSR count). The zero-order valence-electron chi connectivity index (χ0n) is 19.6. The molecule has 0 heterocycles. The summed E-state index contributed by atoms with van der Waals surface area (Å²) >= 11 is 0. The number of rotatable bonds is 14. The molecule has 35 heavy (non-hydrogen) atoms. The lowest BCUT2D eigenvalue weighted by Crippen LogP contribution is -2.49. The second-order valence-electron chi connectivity index (χ2n) is 8.28. The fourth-order valence-corrected chi connectivity index (χ4v) is 4.43. The Bertz CT molecular complexity index is 1100. The van der Waals surface area contributed by atoms with Crippen molar-refractivity contribution in [3.63, 3.8) is 0 Å². The molecule has 0 bridgehead atoms. The van der Waals surface area contributed by atoms with Crippen LogP contribution in [0.4, 0.5) is 8.78 Å². The molecule has 0 saturated carbocycles. The Morgan fingerprint density at radius 1 is 1.03 bits per heavy atom. The summed E-state index contributed by atoms with van der Waals surface area (Å²) in [5.41, 5.74) is 1.69. The molecule has 194 valence electrons. The highest BCUT2D eigenvalue weighted by molar-refractivity contribution is 7.90. The van der Waals surface area contributed by atoms with Gasteiger partial charge < -0.3 is 14.7 Å². The molecule has 0 aromatic heterocycles. The number of carbonyl (C=O) groups excluding carboxylic acids is 1. The quantitative estimate of drug-likeness (QED) is 0.251. The van der Waals surface area contributed by atoms with Gasteiger partial charge in [0, 0.05) is 6.54 Å². The zero-order valence-corrected chi connectivity index (χ0v) is 21.3. The molecule has 2 atom stereocenters. The maximum atomic E-state index is 12.8. The van der Waals surface area contributed by atoms with Crippen LogP contribution in [0, 0.1) is 0 Å². The number of carbonyl (C=O) groups is 1. The topological polar surface area (TPSA) is 122 Å². The molecule has 12 heteroatoms. The van der Waals surface area contributed by atoms with Crippen LogP contribution in [0.5, 0.6) is 5.75 Å². The summed E-state index contributed by atoms with van der Waals surface area (Å²) in [6.45, 7) is 3.35. The van der Waals surface area contributed by atoms with E-state index in [9.17, 15) is 26.6 Å². The molecule has 1 unspecified atom stereocenters. The number of sulfonamides is 1. The Labute approximate surface area is 204 Å². The summed E-state index contributed by atoms with van der Waals surface area (Å²) in [7, 11) is -8.88. The lowest BCUT2D eigenvalue weighted by molar-refractivity contribution is -0.122. The van der Waals surface area contributed by atoms with Gasteiger partial charge in [0.15, 0.2) is 0 Å². The van der Waals surface area contributed by atoms with Crippen molar-refractivity contribution in [3.8, 4) is 5.75 Å². The van der Waals surface area contributed by atoms with E-state index in [1.807, 2.05) is 30.3 Å². The highest BCUT2D eigenvalue weighted by atomic mass is 32.2. The molecule has 1 amide bonds. The van der Waals surface area contributed by atoms with Crippen LogP contribution in [-0.4, -0.2) is 43.2 Å². The minimum atomic E-state index is -5.11. The Morgan fingerprint density at radius 2 is 1.66 bits per heavy atom. The Kier molecular flexibility index (Phi) is 10.8. The van der Waals surface area contributed by atoms with Gasteiger partial charge >= 0.3 is 13.8 Å². The van der Waals surface area contributed by atoms with Crippen LogP contribution in [0.3, 0.4) is 0 Å². The van der Waals surface area contributed by atoms with E-state index in [-0.39, 0.29) is 12.2 Å². The summed E-state index contributed by atoms with van der Waals surface area (Å²) in [5.74, 6) is -0.742. The van der Waals surface area contributed by atoms with Gasteiger partial charge in [0.2, 0.25) is 15.9 Å². The second-order valence-corrected chi connectivity index (χ2v) is 12.2. The van der Waals surface area contributed by atoms with Crippen LogP contribution in [0.2, 0.25) is 0 Å². The van der Waals surface area contributed by atoms with E-state index < -0.39 is 41.0 Å². The summed E-state index contributed by atoms with van der Waals surface area (Å²) in [5, 5.41) is 2.00. The van der Waals surface area contributed by atoms with E-state index >= 15 is 0 Å². The molecule has 0 spiro atoms. The van der Waals surface area contributed by atoms with Crippen LogP contribution in [0.1, 0.15) is 37.8 Å². The van der Waals surface area contributed by atoms with E-state index in [1.54, 1.807) is 0 Å². The SMILES string of the molecule is CC(C)S(=O)(=O)N[C@@H](Cc1ccc(OP(=O)(O)C(F)F)cc1)C(=O)NCCCCc1ccccc1. The third-order valence-corrected chi connectivity index (χ3v) is 7.94. The molecule has 0 fully saturated rings. The average Bonchev–Trinajstić information content (AvgIpc) is 2.79. The largest absolute Gasteiger partial charge is 0.442 e. The van der Waals surface area contributed by atoms with Gasteiger partial charge in [-0.1, -0.05) is 42.5 Å². The number of benzene rings is 2. The predicted molar refractivity (Wildman–Crippen MR) is 130 cm³/mol. The fourth-order valence-electron chi connectivity index (χ4n) is 3.07. The molecule has 0 saturated heterocycles. The molecule has 0 aliphatic heterocycles. The van der Waals surface area contributed by atoms with Gasteiger partial charge in [0.05, 0.1) is 5.25 Å². The van der Waals surface area contributed by atoms with Gasteiger partial charge in [-0.25, -0.2) is 17.7 Å². The third-order valence-electron chi connectivity index (χ3n) is 5.12. The first-order valence-corrected chi connectivity index (χ1v) is 14.3. The molecule has 2 aromatic carbocycles. The second kappa shape index (κ2) is 13.1. The van der Waals surface area contributed by atoms with Crippen LogP contribution < -0.4 is 14.6 Å². The Balaban J connectivity index is 2.00. The van der Waals surface area contributed by atoms with Crippen molar-refractivity contribution in [2.75, 3.05) is 6.54 Å². The van der Waals surface area contributed by atoms with Crippen molar-refractivity contribution in [3.05, 3.63) is 65.7 Å². The van der Waals surface area contributed by atoms with E-state index in [0.717, 1.165) is 12.8 Å². The first-order valence-electron chi connectivity index (χ1n) is 11.1. The normalized spacial score (nSPS) is 14.5. The number of unbranched alkanes of at least 4 members (excludes halogenated alkanes) is 1. The van der Waals surface area contributed by atoms with Gasteiger partial charge in [-0.15, -0.1) is 0 Å². The summed E-state index contributed by atoms with van der Waals surface area (Å²) in [4.78, 5) is 21.9. The van der Waals surface area contributed by atoms with Crippen molar-refractivity contribution < 1.29 is 36.0 Å². The third kappa shape index (κ3) is 9.68. The van der Waals surface area contributed by atoms with Crippen molar-refractivity contribution in [1.82, 2.24) is 10.0 Å². The van der Waals surface area contributed by atoms with Gasteiger partial charge in [0.25, 0.3) is 0 Å². The van der Waals surface area contributed by atoms with Crippen LogP contribution in [0.25, 0.3) is 0 Å². The number of halogens is 2. The maximum absolute atomic E-state index is 12.8. The highest BCUT2D eigenvalue weighted by Gasteiger charge is 2.34. The zero-order chi connectivity index (χ0) is 26.1. The maximum Gasteiger partial charge on any atom is 0.442 e. The van der Waals surface area contributed by atoms with E-state index in [4.69, 9.17) is 4.89 Å². The highest BCUT2D eigenvalue weighted by Crippen LogP contribution is 2.48. The molecule has 0 aliphatic rings. The number of nitrogens with one attached hydrogen (secondary N) is 2. The first-order chi connectivity index (χ1) is 16.4. The molecule has 8 nitrogen and oxygen atoms in total. The molecular formula is C23H31F2N2O6PS. The van der Waals surface area contributed by atoms with Crippen molar-refractivity contribution >= 4 is 23.5 Å². The number of amides is 1. The lowest BCUT2D eigenvalue weighted by atomic mass is 10.1. The average molecular weight is 533 g/mol. The van der Waals surface area contributed by atoms with Crippen molar-refractivity contribution in [2.24, 2.45) is 0 Å². The smallest absolute Gasteiger partial charge is 0.421 e. The number of aryl methyl sites for hydroxylation is 1. The van der Waals surface area contributed by atoms with Crippen LogP contribution in [-0.2, 0) is 32.2 Å². The molecule has 0 aliphatic carbocycles. The minimum absolute atomic E-state index is 0.0201. The van der Waals surface area contributed by atoms with Crippen LogP contribution >= 0.6 is 7.60 Å². The van der Waals surface area contributed by atoms with E-state index in [0.29, 0.717) is 18.5 Å². The number of alkyl halides is 2. The van der Waals surface area contributed by atoms with Gasteiger partial charge in [-0.2, -0.15) is 8.78 Å². The summed E-state index contributed by atoms with van der Waals surface area (Å²) < 4.78 is 68.1. The standard InChI is InChI=1S/C23H31F2N2O6PS/c1-17(2)35(31,32)27-21(22(28)26-15-7-6-10-18-8-4-3-5-9-18)16-19-11-13-20(14-12-19)33-34(29,30)23(24)25/h3-5,8-9,11-14,17,21,23,27H,6-7,10,15-16H2,1-2H3,(H,26,28)(H,29,30)/t21-/m0/s1. The Morgan fingerprint density at radius 3 is 2.23 bits per heavy atom. The van der Waals surface area contributed by atoms with Gasteiger partial charge in [-0.05, 0) is 62.8 Å². The molecule has 2 aromatic rings. The number of hydrogen-bond acceptors (Lipinski definition) is 5. The fraction of sp³-hybridized carbons (Fsp3) is 0.435. The van der Waals surface area contributed by atoms with Gasteiger partial charge in [0.1, 0.15) is 11.8 Å². The monoisotopic (exact) mass is 532 g/mol.